The van der Waals surface area contributed by atoms with Crippen LogP contribution in [0.5, 0.6) is 0 Å². The van der Waals surface area contributed by atoms with Crippen molar-refractivity contribution in [3.05, 3.63) is 36.3 Å². The average Bonchev–Trinajstić information content (AvgIpc) is 3.00. The average molecular weight is 289 g/mol. The Bertz CT molecular complexity index is 663. The van der Waals surface area contributed by atoms with Gasteiger partial charge in [-0.1, -0.05) is 6.07 Å². The lowest BCUT2D eigenvalue weighted by Gasteiger charge is -2.18. The van der Waals surface area contributed by atoms with Crippen LogP contribution in [0.4, 0.5) is 0 Å². The Balaban J connectivity index is 1.95. The number of fused-ring (bicyclic) bond motifs is 1. The van der Waals surface area contributed by atoms with Gasteiger partial charge in [0, 0.05) is 30.8 Å². The van der Waals surface area contributed by atoms with E-state index in [2.05, 4.69) is 10.3 Å². The van der Waals surface area contributed by atoms with Gasteiger partial charge >= 0.3 is 11.9 Å². The molecule has 0 spiro atoms. The van der Waals surface area contributed by atoms with Gasteiger partial charge in [0.05, 0.1) is 12.1 Å². The molecular weight excluding hydrogens is 274 g/mol. The molecule has 1 saturated heterocycles. The summed E-state index contributed by atoms with van der Waals surface area (Å²) in [6, 6.07) is 4.75. The molecule has 0 aliphatic carbocycles. The van der Waals surface area contributed by atoms with Gasteiger partial charge in [-0.3, -0.25) is 9.59 Å². The van der Waals surface area contributed by atoms with Crippen LogP contribution in [0.25, 0.3) is 5.65 Å². The van der Waals surface area contributed by atoms with E-state index in [9.17, 15) is 14.7 Å². The molecule has 1 fully saturated rings. The van der Waals surface area contributed by atoms with Crippen LogP contribution in [0.2, 0.25) is 0 Å². The smallest absolute Gasteiger partial charge is 0.321 e. The number of nitrogens with one attached hydrogen (secondary N) is 1. The van der Waals surface area contributed by atoms with E-state index in [4.69, 9.17) is 5.11 Å². The third-order valence-corrected chi connectivity index (χ3v) is 3.94. The van der Waals surface area contributed by atoms with Crippen molar-refractivity contribution in [1.82, 2.24) is 14.7 Å². The first-order valence-corrected chi connectivity index (χ1v) is 6.68. The fraction of sp³-hybridized carbons (Fsp3) is 0.357. The maximum absolute atomic E-state index is 11.3. The summed E-state index contributed by atoms with van der Waals surface area (Å²) in [5.41, 5.74) is 1.49. The second-order valence-corrected chi connectivity index (χ2v) is 5.22. The lowest BCUT2D eigenvalue weighted by atomic mass is 9.86. The summed E-state index contributed by atoms with van der Waals surface area (Å²) in [7, 11) is 0. The maximum atomic E-state index is 11.3. The van der Waals surface area contributed by atoms with Gasteiger partial charge in [-0.15, -0.1) is 0 Å². The van der Waals surface area contributed by atoms with E-state index >= 15 is 0 Å². The van der Waals surface area contributed by atoms with E-state index in [-0.39, 0.29) is 12.3 Å². The number of aliphatic carboxylic acids is 2. The molecule has 0 radical (unpaired) electrons. The summed E-state index contributed by atoms with van der Waals surface area (Å²) < 4.78 is 1.85. The van der Waals surface area contributed by atoms with Gasteiger partial charge in [-0.25, -0.2) is 4.98 Å². The van der Waals surface area contributed by atoms with Crippen LogP contribution in [0.1, 0.15) is 18.0 Å². The quantitative estimate of drug-likeness (QED) is 0.760. The van der Waals surface area contributed by atoms with Crippen LogP contribution < -0.4 is 5.32 Å². The summed E-state index contributed by atoms with van der Waals surface area (Å²) in [6.07, 6.45) is 3.50. The number of hydrogen-bond donors (Lipinski definition) is 3. The number of carboxylic acid groups (broad SMARTS) is 2. The molecule has 0 saturated carbocycles. The molecular formula is C14H15N3O4. The number of carboxylic acids is 2. The van der Waals surface area contributed by atoms with Crippen LogP contribution >= 0.6 is 0 Å². The topological polar surface area (TPSA) is 104 Å². The summed E-state index contributed by atoms with van der Waals surface area (Å²) in [6.45, 7) is 0.415. The second-order valence-electron chi connectivity index (χ2n) is 5.22. The Morgan fingerprint density at radius 1 is 1.38 bits per heavy atom. The van der Waals surface area contributed by atoms with Crippen LogP contribution in [-0.4, -0.2) is 44.1 Å². The predicted octanol–water partition coefficient (Wildman–Crippen LogP) is 0.565. The normalized spacial score (nSPS) is 25.2. The maximum Gasteiger partial charge on any atom is 0.321 e. The molecule has 0 bridgehead atoms. The van der Waals surface area contributed by atoms with E-state index in [0.29, 0.717) is 6.54 Å². The molecule has 110 valence electrons. The number of nitrogens with zero attached hydrogens (tertiary/aromatic N) is 2. The van der Waals surface area contributed by atoms with Crippen molar-refractivity contribution in [2.24, 2.45) is 5.92 Å². The van der Waals surface area contributed by atoms with Gasteiger partial charge in [0.1, 0.15) is 11.7 Å². The SMILES string of the molecule is O=C(O)C[C@@H]1[C@@H](C(=O)O)NC[C@@H]1c1cn2ccccc2n1. The Hall–Kier alpha value is -2.41. The van der Waals surface area contributed by atoms with Crippen LogP contribution in [0.3, 0.4) is 0 Å². The third-order valence-electron chi connectivity index (χ3n) is 3.94. The molecule has 2 aromatic heterocycles. The zero-order valence-corrected chi connectivity index (χ0v) is 11.1. The Morgan fingerprint density at radius 3 is 2.86 bits per heavy atom. The molecule has 1 aliphatic rings. The summed E-state index contributed by atoms with van der Waals surface area (Å²) >= 11 is 0. The van der Waals surface area contributed by atoms with E-state index in [1.807, 2.05) is 35.0 Å². The Morgan fingerprint density at radius 2 is 2.19 bits per heavy atom. The third kappa shape index (κ3) is 2.47. The van der Waals surface area contributed by atoms with E-state index in [0.717, 1.165) is 11.3 Å². The van der Waals surface area contributed by atoms with Crippen LogP contribution in [-0.2, 0) is 9.59 Å². The van der Waals surface area contributed by atoms with Crippen LogP contribution in [0, 0.1) is 5.92 Å². The van der Waals surface area contributed by atoms with E-state index < -0.39 is 23.9 Å². The monoisotopic (exact) mass is 289 g/mol. The standard InChI is InChI=1S/C14H15N3O4/c18-12(19)5-8-9(6-15-13(8)14(20)21)10-7-17-4-2-1-3-11(17)16-10/h1-4,7-9,13,15H,5-6H2,(H,18,19)(H,20,21)/t8-,9-,13-/m0/s1. The first-order chi connectivity index (χ1) is 10.1. The lowest BCUT2D eigenvalue weighted by Crippen LogP contribution is -2.36. The molecule has 1 aliphatic heterocycles. The van der Waals surface area contributed by atoms with Gasteiger partial charge in [0.15, 0.2) is 0 Å². The highest BCUT2D eigenvalue weighted by Crippen LogP contribution is 2.34. The van der Waals surface area contributed by atoms with E-state index in [1.54, 1.807) is 0 Å². The molecule has 3 rings (SSSR count). The fourth-order valence-corrected chi connectivity index (χ4v) is 2.98. The largest absolute Gasteiger partial charge is 0.481 e. The molecule has 7 nitrogen and oxygen atoms in total. The zero-order chi connectivity index (χ0) is 15.0. The molecule has 21 heavy (non-hydrogen) atoms. The van der Waals surface area contributed by atoms with Gasteiger partial charge in [0.25, 0.3) is 0 Å². The van der Waals surface area contributed by atoms with Gasteiger partial charge in [-0.2, -0.15) is 0 Å². The molecule has 3 heterocycles. The first kappa shape index (κ1) is 13.6. The summed E-state index contributed by atoms with van der Waals surface area (Å²) in [5.74, 6) is -2.75. The number of rotatable bonds is 4. The number of imidazole rings is 1. The molecule has 3 atom stereocenters. The first-order valence-electron chi connectivity index (χ1n) is 6.68. The minimum atomic E-state index is -1.02. The van der Waals surface area contributed by atoms with Crippen molar-refractivity contribution in [2.45, 2.75) is 18.4 Å². The number of aromatic nitrogens is 2. The minimum absolute atomic E-state index is 0.192. The van der Waals surface area contributed by atoms with Crippen LogP contribution in [0.15, 0.2) is 30.6 Å². The van der Waals surface area contributed by atoms with Gasteiger partial charge < -0.3 is 19.9 Å². The zero-order valence-electron chi connectivity index (χ0n) is 11.1. The number of pyridine rings is 1. The number of hydrogen-bond acceptors (Lipinski definition) is 4. The lowest BCUT2D eigenvalue weighted by molar-refractivity contribution is -0.142. The molecule has 3 N–H and O–H groups in total. The van der Waals surface area contributed by atoms with Crippen molar-refractivity contribution < 1.29 is 19.8 Å². The molecule has 0 amide bonds. The molecule has 2 aromatic rings. The van der Waals surface area contributed by atoms with Crippen molar-refractivity contribution in [3.63, 3.8) is 0 Å². The van der Waals surface area contributed by atoms with Crippen molar-refractivity contribution in [2.75, 3.05) is 6.54 Å². The predicted molar refractivity (Wildman–Crippen MR) is 73.1 cm³/mol. The summed E-state index contributed by atoms with van der Waals surface area (Å²) in [5, 5.41) is 21.1. The van der Waals surface area contributed by atoms with Crippen molar-refractivity contribution in [1.29, 1.82) is 0 Å². The van der Waals surface area contributed by atoms with E-state index in [1.165, 1.54) is 0 Å². The van der Waals surface area contributed by atoms with Crippen molar-refractivity contribution in [3.8, 4) is 0 Å². The number of carbonyl (C=O) groups is 2. The minimum Gasteiger partial charge on any atom is -0.481 e. The molecule has 0 unspecified atom stereocenters. The highest BCUT2D eigenvalue weighted by molar-refractivity contribution is 5.76. The summed E-state index contributed by atoms with van der Waals surface area (Å²) in [4.78, 5) is 26.8. The fourth-order valence-electron chi connectivity index (χ4n) is 2.98. The second kappa shape index (κ2) is 5.17. The highest BCUT2D eigenvalue weighted by atomic mass is 16.4. The van der Waals surface area contributed by atoms with Gasteiger partial charge in [0.2, 0.25) is 0 Å². The highest BCUT2D eigenvalue weighted by Gasteiger charge is 2.42. The Kier molecular flexibility index (Phi) is 3.34. The molecule has 7 heteroatoms. The van der Waals surface area contributed by atoms with Crippen molar-refractivity contribution >= 4 is 17.6 Å². The Labute approximate surface area is 120 Å². The van der Waals surface area contributed by atoms with Gasteiger partial charge in [-0.05, 0) is 12.1 Å². The molecule has 0 aromatic carbocycles.